The summed E-state index contributed by atoms with van der Waals surface area (Å²) in [6.07, 6.45) is 1.68. The lowest BCUT2D eigenvalue weighted by Gasteiger charge is -2.13. The van der Waals surface area contributed by atoms with Crippen molar-refractivity contribution in [2.75, 3.05) is 13.2 Å². The van der Waals surface area contributed by atoms with E-state index in [9.17, 15) is 4.79 Å². The van der Waals surface area contributed by atoms with Gasteiger partial charge in [-0.25, -0.2) is 4.98 Å². The summed E-state index contributed by atoms with van der Waals surface area (Å²) in [5.74, 6) is 2.08. The topological polar surface area (TPSA) is 56.1 Å². The van der Waals surface area contributed by atoms with Crippen molar-refractivity contribution in [2.24, 2.45) is 5.92 Å². The van der Waals surface area contributed by atoms with Crippen LogP contribution in [0.5, 0.6) is 5.75 Å². The van der Waals surface area contributed by atoms with Gasteiger partial charge in [0.15, 0.2) is 0 Å². The summed E-state index contributed by atoms with van der Waals surface area (Å²) in [7, 11) is 0. The molecule has 5 nitrogen and oxygen atoms in total. The van der Waals surface area contributed by atoms with Crippen LogP contribution in [0.25, 0.3) is 11.0 Å². The molecule has 154 valence electrons. The Balaban J connectivity index is 1.65. The third kappa shape index (κ3) is 5.37. The van der Waals surface area contributed by atoms with E-state index < -0.39 is 0 Å². The Morgan fingerprint density at radius 2 is 1.97 bits per heavy atom. The average molecular weight is 394 g/mol. The van der Waals surface area contributed by atoms with Gasteiger partial charge in [0, 0.05) is 18.9 Å². The van der Waals surface area contributed by atoms with Gasteiger partial charge in [0.2, 0.25) is 5.91 Å². The van der Waals surface area contributed by atoms with Gasteiger partial charge in [-0.15, -0.1) is 0 Å². The molecule has 1 aromatic heterocycles. The molecule has 0 atom stereocenters. The Morgan fingerprint density at radius 1 is 1.17 bits per heavy atom. The number of fused-ring (bicyclic) bond motifs is 1. The first-order valence-electron chi connectivity index (χ1n) is 10.4. The van der Waals surface area contributed by atoms with Crippen molar-refractivity contribution >= 4 is 16.9 Å². The number of carbonyl (C=O) groups excluding carboxylic acids is 1. The van der Waals surface area contributed by atoms with Crippen molar-refractivity contribution in [3.05, 3.63) is 59.4 Å². The van der Waals surface area contributed by atoms with Crippen LogP contribution in [0.3, 0.4) is 0 Å². The van der Waals surface area contributed by atoms with Crippen molar-refractivity contribution in [3.63, 3.8) is 0 Å². The fourth-order valence-corrected chi connectivity index (χ4v) is 3.44. The summed E-state index contributed by atoms with van der Waals surface area (Å²) in [6, 6.07) is 14.4. The summed E-state index contributed by atoms with van der Waals surface area (Å²) < 4.78 is 8.29. The molecule has 3 aromatic rings. The first kappa shape index (κ1) is 20.9. The number of hydrogen-bond donors (Lipinski definition) is 1. The van der Waals surface area contributed by atoms with Gasteiger partial charge in [0.25, 0.3) is 0 Å². The largest absolute Gasteiger partial charge is 0.491 e. The standard InChI is InChI=1S/C24H31N3O2/c1-17(2)24(28)25-13-7-10-23-26-20-8-5-6-9-21(20)27(23)14-15-29-22-12-11-18(3)16-19(22)4/h5-6,8-9,11-12,16-17H,7,10,13-15H2,1-4H3,(H,25,28). The van der Waals surface area contributed by atoms with Gasteiger partial charge in [-0.2, -0.15) is 0 Å². The molecule has 29 heavy (non-hydrogen) atoms. The molecule has 1 N–H and O–H groups in total. The third-order valence-electron chi connectivity index (χ3n) is 5.04. The number of benzene rings is 2. The second kappa shape index (κ2) is 9.59. The molecular formula is C24H31N3O2. The normalized spacial score (nSPS) is 11.2. The lowest BCUT2D eigenvalue weighted by Crippen LogP contribution is -2.28. The van der Waals surface area contributed by atoms with Crippen molar-refractivity contribution in [2.45, 2.75) is 47.1 Å². The molecule has 0 fully saturated rings. The molecule has 0 aliphatic carbocycles. The molecule has 0 unspecified atom stereocenters. The van der Waals surface area contributed by atoms with Gasteiger partial charge >= 0.3 is 0 Å². The smallest absolute Gasteiger partial charge is 0.222 e. The van der Waals surface area contributed by atoms with Gasteiger partial charge in [-0.3, -0.25) is 4.79 Å². The van der Waals surface area contributed by atoms with Crippen LogP contribution in [0.4, 0.5) is 0 Å². The maximum absolute atomic E-state index is 11.7. The minimum Gasteiger partial charge on any atom is -0.491 e. The molecule has 3 rings (SSSR count). The summed E-state index contributed by atoms with van der Waals surface area (Å²) in [5, 5.41) is 2.98. The van der Waals surface area contributed by atoms with Crippen LogP contribution in [0.1, 0.15) is 37.2 Å². The van der Waals surface area contributed by atoms with Crippen LogP contribution in [0, 0.1) is 19.8 Å². The number of carbonyl (C=O) groups is 1. The van der Waals surface area contributed by atoms with Crippen LogP contribution < -0.4 is 10.1 Å². The molecule has 0 saturated heterocycles. The quantitative estimate of drug-likeness (QED) is 0.547. The number of rotatable bonds is 9. The van der Waals surface area contributed by atoms with E-state index in [0.29, 0.717) is 13.2 Å². The molecule has 0 spiro atoms. The minimum absolute atomic E-state index is 0.0157. The number of ether oxygens (including phenoxy) is 1. The molecule has 0 aliphatic rings. The Hall–Kier alpha value is -2.82. The number of amides is 1. The predicted molar refractivity (Wildman–Crippen MR) is 117 cm³/mol. The SMILES string of the molecule is Cc1ccc(OCCn2c(CCCNC(=O)C(C)C)nc3ccccc32)c(C)c1. The van der Waals surface area contributed by atoms with Crippen LogP contribution in [-0.4, -0.2) is 28.6 Å². The monoisotopic (exact) mass is 393 g/mol. The number of nitrogens with one attached hydrogen (secondary N) is 1. The molecule has 0 bridgehead atoms. The number of hydrogen-bond acceptors (Lipinski definition) is 3. The van der Waals surface area contributed by atoms with Gasteiger partial charge in [-0.05, 0) is 44.0 Å². The van der Waals surface area contributed by atoms with Crippen LogP contribution >= 0.6 is 0 Å². The molecule has 2 aromatic carbocycles. The van der Waals surface area contributed by atoms with Crippen LogP contribution in [0.2, 0.25) is 0 Å². The number of aromatic nitrogens is 2. The highest BCUT2D eigenvalue weighted by Gasteiger charge is 2.11. The zero-order valence-electron chi connectivity index (χ0n) is 17.9. The number of imidazole rings is 1. The Morgan fingerprint density at radius 3 is 2.72 bits per heavy atom. The van der Waals surface area contributed by atoms with Crippen molar-refractivity contribution in [1.29, 1.82) is 0 Å². The zero-order chi connectivity index (χ0) is 20.8. The first-order valence-corrected chi connectivity index (χ1v) is 10.4. The first-order chi connectivity index (χ1) is 14.0. The van der Waals surface area contributed by atoms with E-state index in [2.05, 4.69) is 41.9 Å². The minimum atomic E-state index is 0.0157. The van der Waals surface area contributed by atoms with Crippen LogP contribution in [0.15, 0.2) is 42.5 Å². The molecular weight excluding hydrogens is 362 g/mol. The van der Waals surface area contributed by atoms with Gasteiger partial charge in [-0.1, -0.05) is 43.7 Å². The van der Waals surface area contributed by atoms with E-state index in [0.717, 1.165) is 47.6 Å². The summed E-state index contributed by atoms with van der Waals surface area (Å²) in [4.78, 5) is 16.6. The molecule has 0 aliphatic heterocycles. The van der Waals surface area contributed by atoms with E-state index in [1.54, 1.807) is 0 Å². The highest BCUT2D eigenvalue weighted by Crippen LogP contribution is 2.20. The number of nitrogens with zero attached hydrogens (tertiary/aromatic N) is 2. The maximum atomic E-state index is 11.7. The predicted octanol–water partition coefficient (Wildman–Crippen LogP) is 4.44. The maximum Gasteiger partial charge on any atom is 0.222 e. The highest BCUT2D eigenvalue weighted by atomic mass is 16.5. The summed E-state index contributed by atoms with van der Waals surface area (Å²) in [6.45, 7) is 9.97. The second-order valence-electron chi connectivity index (χ2n) is 7.84. The molecule has 0 saturated carbocycles. The molecule has 0 radical (unpaired) electrons. The fourth-order valence-electron chi connectivity index (χ4n) is 3.44. The molecule has 1 heterocycles. The van der Waals surface area contributed by atoms with Crippen LogP contribution in [-0.2, 0) is 17.8 Å². The zero-order valence-corrected chi connectivity index (χ0v) is 17.9. The van der Waals surface area contributed by atoms with Gasteiger partial charge in [0.05, 0.1) is 17.6 Å². The van der Waals surface area contributed by atoms with E-state index >= 15 is 0 Å². The summed E-state index contributed by atoms with van der Waals surface area (Å²) >= 11 is 0. The molecule has 5 heteroatoms. The van der Waals surface area contributed by atoms with Crippen molar-refractivity contribution in [1.82, 2.24) is 14.9 Å². The number of aryl methyl sites for hydroxylation is 3. The highest BCUT2D eigenvalue weighted by molar-refractivity contribution is 5.77. The Kier molecular flexibility index (Phi) is 6.91. The van der Waals surface area contributed by atoms with Gasteiger partial charge in [0.1, 0.15) is 18.2 Å². The summed E-state index contributed by atoms with van der Waals surface area (Å²) in [5.41, 5.74) is 4.52. The lowest BCUT2D eigenvalue weighted by atomic mass is 10.1. The number of para-hydroxylation sites is 2. The van der Waals surface area contributed by atoms with Crippen molar-refractivity contribution in [3.8, 4) is 5.75 Å². The van der Waals surface area contributed by atoms with E-state index in [4.69, 9.17) is 9.72 Å². The Labute approximate surface area is 173 Å². The lowest BCUT2D eigenvalue weighted by molar-refractivity contribution is -0.123. The van der Waals surface area contributed by atoms with E-state index in [1.807, 2.05) is 38.1 Å². The molecule has 1 amide bonds. The second-order valence-corrected chi connectivity index (χ2v) is 7.84. The Bertz CT molecular complexity index is 975. The van der Waals surface area contributed by atoms with E-state index in [-0.39, 0.29) is 11.8 Å². The van der Waals surface area contributed by atoms with Crippen molar-refractivity contribution < 1.29 is 9.53 Å². The fraction of sp³-hybridized carbons (Fsp3) is 0.417. The van der Waals surface area contributed by atoms with Gasteiger partial charge < -0.3 is 14.6 Å². The third-order valence-corrected chi connectivity index (χ3v) is 5.04. The average Bonchev–Trinajstić information content (AvgIpc) is 3.04. The van der Waals surface area contributed by atoms with E-state index in [1.165, 1.54) is 5.56 Å².